The summed E-state index contributed by atoms with van der Waals surface area (Å²) in [4.78, 5) is 11.0. The van der Waals surface area contributed by atoms with E-state index in [1.807, 2.05) is 12.1 Å². The summed E-state index contributed by atoms with van der Waals surface area (Å²) in [5, 5.41) is 12.1. The highest BCUT2D eigenvalue weighted by atomic mass is 32.2. The number of nitrogens with one attached hydrogen (secondary N) is 1. The predicted molar refractivity (Wildman–Crippen MR) is 75.6 cm³/mol. The molecule has 3 unspecified atom stereocenters. The second-order valence-electron chi connectivity index (χ2n) is 4.87. The molecule has 0 amide bonds. The number of carboxylic acid groups (broad SMARTS) is 1. The van der Waals surface area contributed by atoms with E-state index in [4.69, 9.17) is 5.11 Å². The summed E-state index contributed by atoms with van der Waals surface area (Å²) in [5.74, 6) is -0.253. The highest BCUT2D eigenvalue weighted by molar-refractivity contribution is 7.85. The van der Waals surface area contributed by atoms with Gasteiger partial charge in [-0.1, -0.05) is 37.6 Å². The summed E-state index contributed by atoms with van der Waals surface area (Å²) in [7, 11) is -1.07. The SMILES string of the molecule is CCCc1ccc(C2CS(=O)CC(C(=O)O)N2)cc1. The summed E-state index contributed by atoms with van der Waals surface area (Å²) >= 11 is 0. The van der Waals surface area contributed by atoms with E-state index in [0.29, 0.717) is 5.75 Å². The van der Waals surface area contributed by atoms with Crippen LogP contribution >= 0.6 is 0 Å². The second kappa shape index (κ2) is 6.30. The Labute approximate surface area is 115 Å². The third-order valence-corrected chi connectivity index (χ3v) is 4.74. The molecule has 1 aliphatic heterocycles. The standard InChI is InChI=1S/C14H19NO3S/c1-2-3-10-4-6-11(7-5-10)12-8-19(18)9-13(15-12)14(16)17/h4-7,12-13,15H,2-3,8-9H2,1H3,(H,16,17). The van der Waals surface area contributed by atoms with E-state index in [1.165, 1.54) is 5.56 Å². The minimum absolute atomic E-state index is 0.133. The van der Waals surface area contributed by atoms with Gasteiger partial charge in [-0.25, -0.2) is 0 Å². The van der Waals surface area contributed by atoms with Gasteiger partial charge in [0.05, 0.1) is 0 Å². The smallest absolute Gasteiger partial charge is 0.321 e. The molecule has 1 aliphatic rings. The van der Waals surface area contributed by atoms with Gasteiger partial charge in [0.1, 0.15) is 6.04 Å². The molecule has 0 bridgehead atoms. The van der Waals surface area contributed by atoms with Crippen molar-refractivity contribution in [3.63, 3.8) is 0 Å². The number of hydrogen-bond donors (Lipinski definition) is 2. The number of aliphatic carboxylic acids is 1. The molecule has 2 N–H and O–H groups in total. The fourth-order valence-corrected chi connectivity index (χ4v) is 3.73. The van der Waals surface area contributed by atoms with Crippen LogP contribution in [-0.4, -0.2) is 32.8 Å². The Balaban J connectivity index is 2.11. The summed E-state index contributed by atoms with van der Waals surface area (Å²) in [6.07, 6.45) is 2.15. The molecule has 4 nitrogen and oxygen atoms in total. The Morgan fingerprint density at radius 2 is 2.05 bits per heavy atom. The van der Waals surface area contributed by atoms with Gasteiger partial charge in [0.25, 0.3) is 0 Å². The molecular formula is C14H19NO3S. The molecule has 0 aromatic heterocycles. The van der Waals surface area contributed by atoms with Crippen molar-refractivity contribution in [1.82, 2.24) is 5.32 Å². The number of aryl methyl sites for hydroxylation is 1. The molecule has 0 aliphatic carbocycles. The number of hydrogen-bond acceptors (Lipinski definition) is 3. The highest BCUT2D eigenvalue weighted by Gasteiger charge is 2.30. The van der Waals surface area contributed by atoms with Crippen LogP contribution in [0.15, 0.2) is 24.3 Å². The summed E-state index contributed by atoms with van der Waals surface area (Å²) < 4.78 is 11.7. The Bertz CT molecular complexity index is 472. The third kappa shape index (κ3) is 3.64. The minimum atomic E-state index is -1.07. The van der Waals surface area contributed by atoms with Crippen LogP contribution in [0.25, 0.3) is 0 Å². The van der Waals surface area contributed by atoms with Crippen LogP contribution in [0.5, 0.6) is 0 Å². The maximum Gasteiger partial charge on any atom is 0.321 e. The molecule has 1 saturated heterocycles. The molecule has 104 valence electrons. The van der Waals surface area contributed by atoms with Crippen molar-refractivity contribution in [3.8, 4) is 0 Å². The van der Waals surface area contributed by atoms with Gasteiger partial charge in [0.15, 0.2) is 0 Å². The molecule has 0 radical (unpaired) electrons. The van der Waals surface area contributed by atoms with E-state index >= 15 is 0 Å². The van der Waals surface area contributed by atoms with Crippen LogP contribution in [-0.2, 0) is 22.0 Å². The Hall–Kier alpha value is -1.20. The molecule has 3 atom stereocenters. The van der Waals surface area contributed by atoms with Gasteiger partial charge in [0, 0.05) is 28.3 Å². The van der Waals surface area contributed by atoms with Gasteiger partial charge in [0.2, 0.25) is 0 Å². The number of rotatable bonds is 4. The molecule has 0 saturated carbocycles. The van der Waals surface area contributed by atoms with Crippen LogP contribution in [0.1, 0.15) is 30.5 Å². The molecule has 5 heteroatoms. The van der Waals surface area contributed by atoms with E-state index in [1.54, 1.807) is 0 Å². The van der Waals surface area contributed by atoms with E-state index < -0.39 is 22.8 Å². The Morgan fingerprint density at radius 1 is 1.37 bits per heavy atom. The highest BCUT2D eigenvalue weighted by Crippen LogP contribution is 2.20. The average molecular weight is 281 g/mol. The zero-order valence-electron chi connectivity index (χ0n) is 11.0. The van der Waals surface area contributed by atoms with Gasteiger partial charge in [-0.3, -0.25) is 14.3 Å². The molecule has 1 aromatic rings. The largest absolute Gasteiger partial charge is 0.480 e. The normalized spacial score (nSPS) is 27.1. The molecule has 1 aromatic carbocycles. The van der Waals surface area contributed by atoms with Crippen molar-refractivity contribution in [1.29, 1.82) is 0 Å². The zero-order valence-corrected chi connectivity index (χ0v) is 11.8. The molecule has 1 fully saturated rings. The second-order valence-corrected chi connectivity index (χ2v) is 6.42. The Kier molecular flexibility index (Phi) is 4.71. The third-order valence-electron chi connectivity index (χ3n) is 3.33. The quantitative estimate of drug-likeness (QED) is 0.877. The van der Waals surface area contributed by atoms with Gasteiger partial charge in [-0.05, 0) is 17.5 Å². The van der Waals surface area contributed by atoms with Gasteiger partial charge >= 0.3 is 5.97 Å². The van der Waals surface area contributed by atoms with E-state index in [9.17, 15) is 9.00 Å². The minimum Gasteiger partial charge on any atom is -0.480 e. The van der Waals surface area contributed by atoms with Crippen LogP contribution in [0.4, 0.5) is 0 Å². The lowest BCUT2D eigenvalue weighted by atomic mass is 10.0. The zero-order chi connectivity index (χ0) is 13.8. The summed E-state index contributed by atoms with van der Waals surface area (Å²) in [6.45, 7) is 2.14. The summed E-state index contributed by atoms with van der Waals surface area (Å²) in [5.41, 5.74) is 2.29. The fourth-order valence-electron chi connectivity index (χ4n) is 2.32. The number of carboxylic acids is 1. The van der Waals surface area contributed by atoms with Gasteiger partial charge in [-0.2, -0.15) is 0 Å². The molecule has 0 spiro atoms. The van der Waals surface area contributed by atoms with Crippen molar-refractivity contribution < 1.29 is 14.1 Å². The number of carbonyl (C=O) groups is 1. The van der Waals surface area contributed by atoms with Crippen LogP contribution in [0, 0.1) is 0 Å². The monoisotopic (exact) mass is 281 g/mol. The van der Waals surface area contributed by atoms with Gasteiger partial charge < -0.3 is 5.11 Å². The van der Waals surface area contributed by atoms with Crippen molar-refractivity contribution in [2.45, 2.75) is 31.8 Å². The van der Waals surface area contributed by atoms with Crippen LogP contribution in [0.2, 0.25) is 0 Å². The van der Waals surface area contributed by atoms with Gasteiger partial charge in [-0.15, -0.1) is 0 Å². The average Bonchev–Trinajstić information content (AvgIpc) is 2.39. The first-order valence-corrected chi connectivity index (χ1v) is 8.01. The Morgan fingerprint density at radius 3 is 2.63 bits per heavy atom. The first-order valence-electron chi connectivity index (χ1n) is 6.52. The first-order chi connectivity index (χ1) is 9.10. The van der Waals surface area contributed by atoms with E-state index in [2.05, 4.69) is 24.4 Å². The first kappa shape index (κ1) is 14.2. The van der Waals surface area contributed by atoms with Crippen LogP contribution in [0.3, 0.4) is 0 Å². The predicted octanol–water partition coefficient (Wildman–Crippen LogP) is 1.49. The fraction of sp³-hybridized carbons (Fsp3) is 0.500. The maximum atomic E-state index is 11.7. The van der Waals surface area contributed by atoms with Crippen molar-refractivity contribution in [2.24, 2.45) is 0 Å². The topological polar surface area (TPSA) is 66.4 Å². The maximum absolute atomic E-state index is 11.7. The van der Waals surface area contributed by atoms with Crippen molar-refractivity contribution in [2.75, 3.05) is 11.5 Å². The lowest BCUT2D eigenvalue weighted by Crippen LogP contribution is -2.49. The van der Waals surface area contributed by atoms with Crippen LogP contribution < -0.4 is 5.32 Å². The number of benzene rings is 1. The lowest BCUT2D eigenvalue weighted by Gasteiger charge is -2.28. The molecule has 1 heterocycles. The summed E-state index contributed by atoms with van der Waals surface area (Å²) in [6, 6.07) is 7.29. The van der Waals surface area contributed by atoms with E-state index in [-0.39, 0.29) is 11.8 Å². The van der Waals surface area contributed by atoms with E-state index in [0.717, 1.165) is 18.4 Å². The lowest BCUT2D eigenvalue weighted by molar-refractivity contribution is -0.139. The molecular weight excluding hydrogens is 262 g/mol. The molecule has 19 heavy (non-hydrogen) atoms. The molecule has 2 rings (SSSR count). The van der Waals surface area contributed by atoms with Crippen molar-refractivity contribution in [3.05, 3.63) is 35.4 Å². The van der Waals surface area contributed by atoms with Crippen molar-refractivity contribution >= 4 is 16.8 Å².